The van der Waals surface area contributed by atoms with Gasteiger partial charge >= 0.3 is 17.6 Å². The van der Waals surface area contributed by atoms with Crippen LogP contribution in [0.2, 0.25) is 0 Å². The molecule has 3 aromatic rings. The second-order valence-electron chi connectivity index (χ2n) is 5.67. The Hall–Kier alpha value is -3.94. The lowest BCUT2D eigenvalue weighted by molar-refractivity contribution is -0.385. The summed E-state index contributed by atoms with van der Waals surface area (Å²) in [7, 11) is 1.22. The fourth-order valence-corrected chi connectivity index (χ4v) is 2.59. The van der Waals surface area contributed by atoms with Gasteiger partial charge in [0.05, 0.1) is 12.0 Å². The van der Waals surface area contributed by atoms with Gasteiger partial charge in [-0.25, -0.2) is 9.59 Å². The number of hydrogen-bond acceptors (Lipinski definition) is 7. The molecule has 0 saturated heterocycles. The van der Waals surface area contributed by atoms with Crippen LogP contribution in [0.3, 0.4) is 0 Å². The molecule has 0 spiro atoms. The van der Waals surface area contributed by atoms with Crippen molar-refractivity contribution in [2.75, 3.05) is 13.7 Å². The zero-order valence-corrected chi connectivity index (χ0v) is 14.8. The number of carbonyl (C=O) groups excluding carboxylic acids is 2. The Morgan fingerprint density at radius 3 is 2.29 bits per heavy atom. The molecule has 0 aliphatic heterocycles. The summed E-state index contributed by atoms with van der Waals surface area (Å²) in [6.07, 6.45) is 0. The predicted molar refractivity (Wildman–Crippen MR) is 99.5 cm³/mol. The van der Waals surface area contributed by atoms with Crippen LogP contribution < -0.4 is 9.47 Å². The molecule has 0 aliphatic rings. The lowest BCUT2D eigenvalue weighted by Gasteiger charge is -2.11. The minimum absolute atomic E-state index is 0.0155. The highest BCUT2D eigenvalue weighted by molar-refractivity contribution is 5.99. The van der Waals surface area contributed by atoms with Crippen molar-refractivity contribution < 1.29 is 28.7 Å². The first-order valence-corrected chi connectivity index (χ1v) is 8.17. The Kier molecular flexibility index (Phi) is 5.50. The van der Waals surface area contributed by atoms with Crippen molar-refractivity contribution in [3.05, 3.63) is 76.3 Å². The van der Waals surface area contributed by atoms with Crippen LogP contribution in [0.4, 0.5) is 5.69 Å². The minimum atomic E-state index is -0.821. The molecule has 3 rings (SSSR count). The lowest BCUT2D eigenvalue weighted by atomic mass is 10.1. The van der Waals surface area contributed by atoms with Gasteiger partial charge in [0, 0.05) is 6.07 Å². The van der Waals surface area contributed by atoms with Gasteiger partial charge in [-0.2, -0.15) is 0 Å². The molecular formula is C20H15NO7. The highest BCUT2D eigenvalue weighted by Crippen LogP contribution is 2.28. The Labute approximate surface area is 159 Å². The number of benzene rings is 3. The Morgan fingerprint density at radius 1 is 0.964 bits per heavy atom. The number of fused-ring (bicyclic) bond motifs is 1. The summed E-state index contributed by atoms with van der Waals surface area (Å²) in [4.78, 5) is 34.6. The smallest absolute Gasteiger partial charge is 0.349 e. The summed E-state index contributed by atoms with van der Waals surface area (Å²) in [5.74, 6) is -1.52. The molecule has 0 radical (unpaired) electrons. The Morgan fingerprint density at radius 2 is 1.61 bits per heavy atom. The molecule has 0 N–H and O–H groups in total. The number of carbonyl (C=O) groups is 2. The van der Waals surface area contributed by atoms with E-state index in [0.717, 1.165) is 10.8 Å². The van der Waals surface area contributed by atoms with Gasteiger partial charge in [0.2, 0.25) is 0 Å². The van der Waals surface area contributed by atoms with E-state index in [4.69, 9.17) is 14.2 Å². The summed E-state index contributed by atoms with van der Waals surface area (Å²) < 4.78 is 15.2. The largest absolute Gasteiger partial charge is 0.475 e. The molecule has 3 aromatic carbocycles. The van der Waals surface area contributed by atoms with Crippen LogP contribution in [-0.4, -0.2) is 30.6 Å². The maximum atomic E-state index is 12.2. The molecule has 142 valence electrons. The number of nitro groups is 1. The molecule has 0 aromatic heterocycles. The van der Waals surface area contributed by atoms with Gasteiger partial charge in [-0.05, 0) is 29.0 Å². The van der Waals surface area contributed by atoms with E-state index in [9.17, 15) is 19.7 Å². The van der Waals surface area contributed by atoms with E-state index >= 15 is 0 Å². The van der Waals surface area contributed by atoms with Crippen molar-refractivity contribution in [2.24, 2.45) is 0 Å². The van der Waals surface area contributed by atoms with E-state index in [1.165, 1.54) is 25.3 Å². The number of hydrogen-bond donors (Lipinski definition) is 0. The molecule has 8 nitrogen and oxygen atoms in total. The molecule has 0 amide bonds. The number of nitrogens with zero attached hydrogens (tertiary/aromatic N) is 1. The zero-order chi connectivity index (χ0) is 20.1. The quantitative estimate of drug-likeness (QED) is 0.278. The molecule has 28 heavy (non-hydrogen) atoms. The normalized spacial score (nSPS) is 10.3. The second kappa shape index (κ2) is 8.17. The van der Waals surface area contributed by atoms with Crippen molar-refractivity contribution in [3.63, 3.8) is 0 Å². The first-order chi connectivity index (χ1) is 13.5. The fraction of sp³-hybridized carbons (Fsp3) is 0.100. The second-order valence-corrected chi connectivity index (χ2v) is 5.67. The average molecular weight is 381 g/mol. The zero-order valence-electron chi connectivity index (χ0n) is 14.8. The van der Waals surface area contributed by atoms with E-state index < -0.39 is 23.5 Å². The molecule has 0 bridgehead atoms. The van der Waals surface area contributed by atoms with Crippen molar-refractivity contribution in [1.82, 2.24) is 0 Å². The summed E-state index contributed by atoms with van der Waals surface area (Å²) >= 11 is 0. The van der Waals surface area contributed by atoms with Crippen LogP contribution in [0, 0.1) is 10.1 Å². The average Bonchev–Trinajstić information content (AvgIpc) is 2.71. The number of ether oxygens (including phenoxy) is 3. The predicted octanol–water partition coefficient (Wildman–Crippen LogP) is 3.52. The fourth-order valence-electron chi connectivity index (χ4n) is 2.59. The van der Waals surface area contributed by atoms with E-state index in [1.54, 1.807) is 24.3 Å². The van der Waals surface area contributed by atoms with Gasteiger partial charge < -0.3 is 14.2 Å². The van der Waals surface area contributed by atoms with Crippen molar-refractivity contribution >= 4 is 28.4 Å². The summed E-state index contributed by atoms with van der Waals surface area (Å²) in [5, 5.41) is 12.5. The number of nitro benzene ring substituents is 1. The molecule has 0 unspecified atom stereocenters. The van der Waals surface area contributed by atoms with Gasteiger partial charge in [0.1, 0.15) is 11.3 Å². The van der Waals surface area contributed by atoms with Crippen molar-refractivity contribution in [1.29, 1.82) is 0 Å². The summed E-state index contributed by atoms with van der Waals surface area (Å²) in [6.45, 7) is -0.571. The van der Waals surface area contributed by atoms with E-state index in [2.05, 4.69) is 0 Å². The van der Waals surface area contributed by atoms with Crippen LogP contribution in [0.25, 0.3) is 10.8 Å². The van der Waals surface area contributed by atoms with Gasteiger partial charge in [0.25, 0.3) is 0 Å². The summed E-state index contributed by atoms with van der Waals surface area (Å²) in [5.41, 5.74) is -0.184. The molecule has 8 heteroatoms. The molecule has 0 saturated carbocycles. The van der Waals surface area contributed by atoms with Crippen LogP contribution in [-0.2, 0) is 9.53 Å². The van der Waals surface area contributed by atoms with Gasteiger partial charge in [0.15, 0.2) is 12.4 Å². The SMILES string of the molecule is COC(=O)c1cc2ccccc2cc1OC(=O)COc1ccccc1[N+](=O)[O-]. The van der Waals surface area contributed by atoms with E-state index in [1.807, 2.05) is 18.2 Å². The highest BCUT2D eigenvalue weighted by atomic mass is 16.6. The minimum Gasteiger partial charge on any atom is -0.475 e. The number of methoxy groups -OCH3 is 1. The van der Waals surface area contributed by atoms with Crippen LogP contribution in [0.15, 0.2) is 60.7 Å². The highest BCUT2D eigenvalue weighted by Gasteiger charge is 2.19. The third kappa shape index (κ3) is 4.07. The molecule has 0 aliphatic carbocycles. The number of para-hydroxylation sites is 2. The van der Waals surface area contributed by atoms with E-state index in [-0.39, 0.29) is 22.7 Å². The molecule has 0 atom stereocenters. The third-order valence-electron chi connectivity index (χ3n) is 3.88. The van der Waals surface area contributed by atoms with Crippen molar-refractivity contribution in [3.8, 4) is 11.5 Å². The standard InChI is InChI=1S/C20H15NO7/c1-26-20(23)15-10-13-6-2-3-7-14(13)11-18(15)28-19(22)12-27-17-9-5-4-8-16(17)21(24)25/h2-11H,12H2,1H3. The van der Waals surface area contributed by atoms with Gasteiger partial charge in [-0.1, -0.05) is 36.4 Å². The van der Waals surface area contributed by atoms with E-state index in [0.29, 0.717) is 0 Å². The van der Waals surface area contributed by atoms with Crippen LogP contribution in [0.5, 0.6) is 11.5 Å². The van der Waals surface area contributed by atoms with Crippen LogP contribution in [0.1, 0.15) is 10.4 Å². The third-order valence-corrected chi connectivity index (χ3v) is 3.88. The first kappa shape index (κ1) is 18.8. The van der Waals surface area contributed by atoms with Crippen LogP contribution >= 0.6 is 0 Å². The topological polar surface area (TPSA) is 105 Å². The van der Waals surface area contributed by atoms with Gasteiger partial charge in [-0.15, -0.1) is 0 Å². The maximum Gasteiger partial charge on any atom is 0.349 e. The Balaban J connectivity index is 1.81. The van der Waals surface area contributed by atoms with Crippen molar-refractivity contribution in [2.45, 2.75) is 0 Å². The molecule has 0 heterocycles. The lowest BCUT2D eigenvalue weighted by Crippen LogP contribution is -2.19. The van der Waals surface area contributed by atoms with Gasteiger partial charge in [-0.3, -0.25) is 10.1 Å². The Bertz CT molecular complexity index is 1060. The first-order valence-electron chi connectivity index (χ1n) is 8.17. The maximum absolute atomic E-state index is 12.2. The number of esters is 2. The summed E-state index contributed by atoms with van der Waals surface area (Å²) in [6, 6.07) is 16.0. The molecule has 0 fully saturated rings. The monoisotopic (exact) mass is 381 g/mol. The molecular weight excluding hydrogens is 366 g/mol. The number of rotatable bonds is 6.